The maximum absolute atomic E-state index is 13.2. The van der Waals surface area contributed by atoms with Gasteiger partial charge in [0.15, 0.2) is 0 Å². The van der Waals surface area contributed by atoms with Gasteiger partial charge in [0.1, 0.15) is 5.00 Å². The molecule has 1 aliphatic carbocycles. The molecule has 1 heterocycles. The van der Waals surface area contributed by atoms with Crippen molar-refractivity contribution < 1.29 is 27.5 Å². The first-order chi connectivity index (χ1) is 15.8. The van der Waals surface area contributed by atoms with Crippen LogP contribution in [0.4, 0.5) is 9.80 Å². The summed E-state index contributed by atoms with van der Waals surface area (Å²) in [6, 6.07) is 7.21. The monoisotopic (exact) mass is 493 g/mol. The molecule has 2 aromatic rings. The molecule has 3 rings (SSSR count). The van der Waals surface area contributed by atoms with Crippen LogP contribution in [0.25, 0.3) is 0 Å². The molecule has 1 saturated carbocycles. The Kier molecular flexibility index (Phi) is 8.22. The number of alkyl carbamates (subject to hydrolysis) is 1. The van der Waals surface area contributed by atoms with Crippen LogP contribution in [0.15, 0.2) is 40.6 Å². The molecular weight excluding hydrogens is 466 g/mol. The van der Waals surface area contributed by atoms with Crippen molar-refractivity contribution in [2.24, 2.45) is 0 Å². The molecule has 1 fully saturated rings. The number of nitrogens with one attached hydrogen (secondary N) is 2. The van der Waals surface area contributed by atoms with Crippen molar-refractivity contribution in [1.82, 2.24) is 9.62 Å². The highest BCUT2D eigenvalue weighted by Gasteiger charge is 2.31. The Morgan fingerprint density at radius 1 is 1.06 bits per heavy atom. The molecule has 0 bridgehead atoms. The van der Waals surface area contributed by atoms with Gasteiger partial charge in [-0.2, -0.15) is 4.31 Å². The van der Waals surface area contributed by atoms with E-state index < -0.39 is 27.9 Å². The second-order valence-electron chi connectivity index (χ2n) is 7.59. The third-order valence-electron chi connectivity index (χ3n) is 5.55. The minimum absolute atomic E-state index is 0.00473. The quantitative estimate of drug-likeness (QED) is 0.604. The number of hydrogen-bond acceptors (Lipinski definition) is 7. The van der Waals surface area contributed by atoms with Crippen LogP contribution in [-0.2, 0) is 14.8 Å². The second-order valence-corrected chi connectivity index (χ2v) is 10.4. The van der Waals surface area contributed by atoms with Crippen LogP contribution >= 0.6 is 11.3 Å². The molecule has 0 spiro atoms. The van der Waals surface area contributed by atoms with Gasteiger partial charge in [0.25, 0.3) is 11.8 Å². The molecule has 0 atom stereocenters. The third kappa shape index (κ3) is 5.79. The van der Waals surface area contributed by atoms with Gasteiger partial charge in [-0.15, -0.1) is 11.3 Å². The van der Waals surface area contributed by atoms with E-state index in [0.29, 0.717) is 6.54 Å². The highest BCUT2D eigenvalue weighted by molar-refractivity contribution is 7.89. The highest BCUT2D eigenvalue weighted by atomic mass is 32.2. The molecule has 178 valence electrons. The van der Waals surface area contributed by atoms with Crippen LogP contribution in [0, 0.1) is 0 Å². The summed E-state index contributed by atoms with van der Waals surface area (Å²) in [5.41, 5.74) is 0.353. The Balaban J connectivity index is 1.73. The van der Waals surface area contributed by atoms with Gasteiger partial charge in [0.05, 0.1) is 17.6 Å². The molecule has 9 nitrogen and oxygen atoms in total. The number of anilines is 1. The van der Waals surface area contributed by atoms with Gasteiger partial charge < -0.3 is 10.1 Å². The molecule has 1 aromatic heterocycles. The summed E-state index contributed by atoms with van der Waals surface area (Å²) in [4.78, 5) is 36.2. The predicted molar refractivity (Wildman–Crippen MR) is 125 cm³/mol. The zero-order chi connectivity index (χ0) is 24.0. The summed E-state index contributed by atoms with van der Waals surface area (Å²) in [5, 5.41) is 6.52. The predicted octanol–water partition coefficient (Wildman–Crippen LogP) is 3.84. The van der Waals surface area contributed by atoms with Gasteiger partial charge in [0, 0.05) is 18.2 Å². The number of amides is 3. The third-order valence-corrected chi connectivity index (χ3v) is 8.43. The minimum atomic E-state index is -3.67. The van der Waals surface area contributed by atoms with Crippen LogP contribution in [0.1, 0.15) is 59.7 Å². The molecule has 1 aliphatic rings. The number of ether oxygens (including phenoxy) is 1. The largest absolute Gasteiger partial charge is 0.453 e. The Morgan fingerprint density at radius 2 is 1.73 bits per heavy atom. The number of carbonyl (C=O) groups excluding carboxylic acids is 3. The first kappa shape index (κ1) is 24.9. The van der Waals surface area contributed by atoms with E-state index in [1.54, 1.807) is 9.69 Å². The van der Waals surface area contributed by atoms with Gasteiger partial charge in [-0.3, -0.25) is 14.9 Å². The molecule has 0 saturated heterocycles. The van der Waals surface area contributed by atoms with Crippen molar-refractivity contribution in [2.75, 3.05) is 19.0 Å². The van der Waals surface area contributed by atoms with Crippen LogP contribution in [-0.4, -0.2) is 50.3 Å². The molecule has 2 N–H and O–H groups in total. The fourth-order valence-electron chi connectivity index (χ4n) is 3.88. The lowest BCUT2D eigenvalue weighted by Crippen LogP contribution is -2.41. The smallest absolute Gasteiger partial charge is 0.413 e. The number of carbonyl (C=O) groups is 3. The zero-order valence-corrected chi connectivity index (χ0v) is 20.1. The average Bonchev–Trinajstić information content (AvgIpc) is 3.28. The number of imide groups is 1. The molecule has 1 aromatic carbocycles. The van der Waals surface area contributed by atoms with E-state index in [1.807, 2.05) is 12.2 Å². The lowest BCUT2D eigenvalue weighted by Gasteiger charge is -2.32. The molecule has 0 radical (unpaired) electrons. The van der Waals surface area contributed by atoms with Crippen molar-refractivity contribution in [3.8, 4) is 0 Å². The number of methoxy groups -OCH3 is 1. The van der Waals surface area contributed by atoms with Gasteiger partial charge in [0.2, 0.25) is 10.0 Å². The fraction of sp³-hybridized carbons (Fsp3) is 0.409. The van der Waals surface area contributed by atoms with E-state index >= 15 is 0 Å². The van der Waals surface area contributed by atoms with Crippen molar-refractivity contribution in [1.29, 1.82) is 0 Å². The standard InChI is InChI=1S/C22H27N3O6S2/c1-3-25(16-7-5-4-6-8-16)33(29,30)17-11-9-15(10-12-17)19(26)23-21-18(13-14-32-21)20(27)24-22(28)31-2/h9-14,16H,3-8H2,1-2H3,(H,23,26)(H,24,27,28). The number of benzene rings is 1. The van der Waals surface area contributed by atoms with E-state index in [2.05, 4.69) is 10.1 Å². The van der Waals surface area contributed by atoms with E-state index in [4.69, 9.17) is 0 Å². The van der Waals surface area contributed by atoms with Crippen LogP contribution in [0.3, 0.4) is 0 Å². The highest BCUT2D eigenvalue weighted by Crippen LogP contribution is 2.28. The maximum atomic E-state index is 13.2. The summed E-state index contributed by atoms with van der Waals surface area (Å²) in [6.45, 7) is 2.23. The lowest BCUT2D eigenvalue weighted by molar-refractivity contribution is 0.0938. The molecule has 0 unspecified atom stereocenters. The first-order valence-electron chi connectivity index (χ1n) is 10.7. The van der Waals surface area contributed by atoms with Crippen molar-refractivity contribution in [3.63, 3.8) is 0 Å². The summed E-state index contributed by atoms with van der Waals surface area (Å²) in [6.07, 6.45) is 4.00. The Hall–Kier alpha value is -2.76. The number of sulfonamides is 1. The topological polar surface area (TPSA) is 122 Å². The average molecular weight is 494 g/mol. The van der Waals surface area contributed by atoms with E-state index in [-0.39, 0.29) is 27.1 Å². The molecule has 3 amide bonds. The second kappa shape index (κ2) is 10.9. The maximum Gasteiger partial charge on any atom is 0.413 e. The summed E-state index contributed by atoms with van der Waals surface area (Å²) < 4.78 is 32.3. The molecular formula is C22H27N3O6S2. The van der Waals surface area contributed by atoms with E-state index in [9.17, 15) is 22.8 Å². The molecule has 33 heavy (non-hydrogen) atoms. The van der Waals surface area contributed by atoms with Gasteiger partial charge in [-0.25, -0.2) is 13.2 Å². The Bertz CT molecular complexity index is 1110. The van der Waals surface area contributed by atoms with E-state index in [1.165, 1.54) is 30.3 Å². The van der Waals surface area contributed by atoms with Crippen LogP contribution in [0.2, 0.25) is 0 Å². The number of nitrogens with zero attached hydrogens (tertiary/aromatic N) is 1. The van der Waals surface area contributed by atoms with E-state index in [0.717, 1.165) is 50.6 Å². The Labute approximate surface area is 197 Å². The summed E-state index contributed by atoms with van der Waals surface area (Å²) in [5.74, 6) is -1.21. The minimum Gasteiger partial charge on any atom is -0.453 e. The molecule has 0 aliphatic heterocycles. The Morgan fingerprint density at radius 3 is 2.33 bits per heavy atom. The van der Waals surface area contributed by atoms with Crippen LogP contribution < -0.4 is 10.6 Å². The molecule has 11 heteroatoms. The lowest BCUT2D eigenvalue weighted by atomic mass is 9.95. The van der Waals surface area contributed by atoms with Crippen molar-refractivity contribution >= 4 is 44.3 Å². The van der Waals surface area contributed by atoms with Crippen LogP contribution in [0.5, 0.6) is 0 Å². The number of hydrogen-bond donors (Lipinski definition) is 2. The summed E-state index contributed by atoms with van der Waals surface area (Å²) >= 11 is 1.12. The normalized spacial score (nSPS) is 14.6. The zero-order valence-electron chi connectivity index (χ0n) is 18.5. The van der Waals surface area contributed by atoms with Crippen molar-refractivity contribution in [2.45, 2.75) is 50.0 Å². The number of rotatable bonds is 7. The van der Waals surface area contributed by atoms with Gasteiger partial charge in [-0.1, -0.05) is 26.2 Å². The van der Waals surface area contributed by atoms with Gasteiger partial charge >= 0.3 is 6.09 Å². The fourth-order valence-corrected chi connectivity index (χ4v) is 6.35. The van der Waals surface area contributed by atoms with Gasteiger partial charge in [-0.05, 0) is 48.6 Å². The van der Waals surface area contributed by atoms with Crippen molar-refractivity contribution in [3.05, 3.63) is 46.8 Å². The summed E-state index contributed by atoms with van der Waals surface area (Å²) in [7, 11) is -2.53. The first-order valence-corrected chi connectivity index (χ1v) is 13.0. The SMILES string of the molecule is CCN(C1CCCCC1)S(=O)(=O)c1ccc(C(=O)Nc2sccc2C(=O)NC(=O)OC)cc1. The number of thiophene rings is 1.